The van der Waals surface area contributed by atoms with Gasteiger partial charge in [-0.25, -0.2) is 4.98 Å². The number of aromatic nitrogens is 1. The van der Waals surface area contributed by atoms with E-state index in [2.05, 4.69) is 23.7 Å². The molecular formula is C22H22N2O. The second-order valence-corrected chi connectivity index (χ2v) is 7.03. The minimum absolute atomic E-state index is 0.115. The predicted octanol–water partition coefficient (Wildman–Crippen LogP) is 4.02. The average Bonchev–Trinajstić information content (AvgIpc) is 2.92. The van der Waals surface area contributed by atoms with Gasteiger partial charge in [0.1, 0.15) is 5.82 Å². The van der Waals surface area contributed by atoms with Crippen LogP contribution in [-0.2, 0) is 4.79 Å². The lowest BCUT2D eigenvalue weighted by atomic mass is 9.80. The summed E-state index contributed by atoms with van der Waals surface area (Å²) in [5.41, 5.74) is 1.85. The Morgan fingerprint density at radius 3 is 2.52 bits per heavy atom. The molecule has 1 aliphatic carbocycles. The summed E-state index contributed by atoms with van der Waals surface area (Å²) in [6.07, 6.45) is 6.48. The van der Waals surface area contributed by atoms with E-state index in [1.54, 1.807) is 6.20 Å². The van der Waals surface area contributed by atoms with Crippen LogP contribution in [0.4, 0.5) is 5.82 Å². The van der Waals surface area contributed by atoms with Crippen LogP contribution in [0.3, 0.4) is 0 Å². The van der Waals surface area contributed by atoms with Gasteiger partial charge < -0.3 is 0 Å². The third kappa shape index (κ3) is 3.05. The molecule has 0 radical (unpaired) electrons. The van der Waals surface area contributed by atoms with Gasteiger partial charge in [0, 0.05) is 29.3 Å². The molecule has 1 aromatic carbocycles. The molecule has 25 heavy (non-hydrogen) atoms. The van der Waals surface area contributed by atoms with Crippen molar-refractivity contribution in [3.63, 3.8) is 0 Å². The van der Waals surface area contributed by atoms with E-state index in [1.807, 2.05) is 47.4 Å². The zero-order valence-electron chi connectivity index (χ0n) is 14.5. The summed E-state index contributed by atoms with van der Waals surface area (Å²) in [6, 6.07) is 14.1. The minimum atomic E-state index is 0.115. The highest BCUT2D eigenvalue weighted by molar-refractivity contribution is 5.97. The number of benzene rings is 1. The van der Waals surface area contributed by atoms with Crippen LogP contribution in [0.25, 0.3) is 0 Å². The largest absolute Gasteiger partial charge is 0.293 e. The van der Waals surface area contributed by atoms with Crippen LogP contribution < -0.4 is 4.90 Å². The van der Waals surface area contributed by atoms with Crippen LogP contribution in [0.1, 0.15) is 43.7 Å². The minimum Gasteiger partial charge on any atom is -0.293 e. The summed E-state index contributed by atoms with van der Waals surface area (Å²) >= 11 is 0. The zero-order chi connectivity index (χ0) is 17.2. The number of fused-ring (bicyclic) bond motifs is 1. The number of hydrogen-bond acceptors (Lipinski definition) is 2. The van der Waals surface area contributed by atoms with E-state index in [0.29, 0.717) is 12.0 Å². The van der Waals surface area contributed by atoms with Gasteiger partial charge in [0.05, 0.1) is 0 Å². The van der Waals surface area contributed by atoms with E-state index in [1.165, 1.54) is 12.8 Å². The van der Waals surface area contributed by atoms with Crippen molar-refractivity contribution in [3.8, 4) is 11.8 Å². The van der Waals surface area contributed by atoms with E-state index in [0.717, 1.165) is 29.8 Å². The number of pyridine rings is 1. The Kier molecular flexibility index (Phi) is 4.28. The van der Waals surface area contributed by atoms with E-state index in [4.69, 9.17) is 0 Å². The van der Waals surface area contributed by atoms with Crippen molar-refractivity contribution in [2.24, 2.45) is 11.8 Å². The SMILES string of the molecule is CC1C(=O)N(c2ccc(C#Cc3ccccc3)cn2)C2CCCCC12. The molecule has 1 saturated heterocycles. The second kappa shape index (κ2) is 6.72. The summed E-state index contributed by atoms with van der Waals surface area (Å²) in [4.78, 5) is 19.2. The number of amides is 1. The van der Waals surface area contributed by atoms with E-state index < -0.39 is 0 Å². The molecule has 3 heteroatoms. The first-order valence-corrected chi connectivity index (χ1v) is 9.10. The van der Waals surface area contributed by atoms with Crippen molar-refractivity contribution < 1.29 is 4.79 Å². The number of carbonyl (C=O) groups is 1. The van der Waals surface area contributed by atoms with E-state index in [-0.39, 0.29) is 11.8 Å². The predicted molar refractivity (Wildman–Crippen MR) is 99.1 cm³/mol. The molecule has 3 nitrogen and oxygen atoms in total. The van der Waals surface area contributed by atoms with Gasteiger partial charge in [0.15, 0.2) is 0 Å². The fraction of sp³-hybridized carbons (Fsp3) is 0.364. The molecule has 3 unspecified atom stereocenters. The highest BCUT2D eigenvalue weighted by Crippen LogP contribution is 2.42. The molecule has 0 N–H and O–H groups in total. The highest BCUT2D eigenvalue weighted by Gasteiger charge is 2.47. The van der Waals surface area contributed by atoms with Gasteiger partial charge in [0.2, 0.25) is 5.91 Å². The van der Waals surface area contributed by atoms with Gasteiger partial charge in [-0.15, -0.1) is 0 Å². The van der Waals surface area contributed by atoms with Gasteiger partial charge in [-0.1, -0.05) is 49.8 Å². The summed E-state index contributed by atoms with van der Waals surface area (Å²) < 4.78 is 0. The van der Waals surface area contributed by atoms with Crippen molar-refractivity contribution in [2.75, 3.05) is 4.90 Å². The lowest BCUT2D eigenvalue weighted by molar-refractivity contribution is -0.120. The molecule has 126 valence electrons. The zero-order valence-corrected chi connectivity index (χ0v) is 14.5. The summed E-state index contributed by atoms with van der Waals surface area (Å²) in [5.74, 6) is 7.89. The van der Waals surface area contributed by atoms with Gasteiger partial charge in [-0.05, 0) is 43.0 Å². The quantitative estimate of drug-likeness (QED) is 0.740. The Bertz CT molecular complexity index is 817. The molecule has 2 aromatic rings. The van der Waals surface area contributed by atoms with Gasteiger partial charge in [0.25, 0.3) is 0 Å². The van der Waals surface area contributed by atoms with Crippen molar-refractivity contribution in [2.45, 2.75) is 38.6 Å². The third-order valence-corrected chi connectivity index (χ3v) is 5.50. The molecule has 1 saturated carbocycles. The lowest BCUT2D eigenvalue weighted by Crippen LogP contribution is -2.37. The lowest BCUT2D eigenvalue weighted by Gasteiger charge is -2.31. The number of nitrogens with zero attached hydrogens (tertiary/aromatic N) is 2. The van der Waals surface area contributed by atoms with Crippen LogP contribution >= 0.6 is 0 Å². The fourth-order valence-electron chi connectivity index (χ4n) is 4.16. The van der Waals surface area contributed by atoms with Crippen LogP contribution in [0.2, 0.25) is 0 Å². The second-order valence-electron chi connectivity index (χ2n) is 7.03. The monoisotopic (exact) mass is 330 g/mol. The first kappa shape index (κ1) is 15.9. The van der Waals surface area contributed by atoms with Gasteiger partial charge in [-0.3, -0.25) is 9.69 Å². The van der Waals surface area contributed by atoms with Crippen LogP contribution in [0.5, 0.6) is 0 Å². The van der Waals surface area contributed by atoms with E-state index in [9.17, 15) is 4.79 Å². The van der Waals surface area contributed by atoms with Crippen molar-refractivity contribution in [3.05, 3.63) is 59.8 Å². The number of hydrogen-bond donors (Lipinski definition) is 0. The smallest absolute Gasteiger partial charge is 0.231 e. The summed E-state index contributed by atoms with van der Waals surface area (Å²) in [5, 5.41) is 0. The summed E-state index contributed by atoms with van der Waals surface area (Å²) in [6.45, 7) is 2.07. The Morgan fingerprint density at radius 2 is 1.76 bits per heavy atom. The van der Waals surface area contributed by atoms with Crippen molar-refractivity contribution >= 4 is 11.7 Å². The molecule has 2 fully saturated rings. The molecule has 0 bridgehead atoms. The fourth-order valence-corrected chi connectivity index (χ4v) is 4.16. The van der Waals surface area contributed by atoms with Crippen molar-refractivity contribution in [1.29, 1.82) is 0 Å². The molecule has 3 atom stereocenters. The molecule has 1 aromatic heterocycles. The van der Waals surface area contributed by atoms with Crippen LogP contribution in [0.15, 0.2) is 48.7 Å². The molecule has 2 aliphatic rings. The Balaban J connectivity index is 1.56. The molecular weight excluding hydrogens is 308 g/mol. The number of anilines is 1. The normalized spacial score (nSPS) is 25.2. The maximum absolute atomic E-state index is 12.7. The highest BCUT2D eigenvalue weighted by atomic mass is 16.2. The van der Waals surface area contributed by atoms with Crippen LogP contribution in [-0.4, -0.2) is 16.9 Å². The summed E-state index contributed by atoms with van der Waals surface area (Å²) in [7, 11) is 0. The first-order valence-electron chi connectivity index (χ1n) is 9.10. The van der Waals surface area contributed by atoms with Crippen molar-refractivity contribution in [1.82, 2.24) is 4.98 Å². The van der Waals surface area contributed by atoms with Crippen LogP contribution in [0, 0.1) is 23.7 Å². The number of carbonyl (C=O) groups excluding carboxylic acids is 1. The maximum Gasteiger partial charge on any atom is 0.231 e. The van der Waals surface area contributed by atoms with Gasteiger partial charge >= 0.3 is 0 Å². The van der Waals surface area contributed by atoms with E-state index >= 15 is 0 Å². The number of rotatable bonds is 1. The molecule has 2 heterocycles. The third-order valence-electron chi connectivity index (χ3n) is 5.50. The maximum atomic E-state index is 12.7. The average molecular weight is 330 g/mol. The molecule has 1 amide bonds. The topological polar surface area (TPSA) is 33.2 Å². The Labute approximate surface area is 149 Å². The molecule has 4 rings (SSSR count). The molecule has 1 aliphatic heterocycles. The van der Waals surface area contributed by atoms with Gasteiger partial charge in [-0.2, -0.15) is 0 Å². The first-order chi connectivity index (χ1) is 12.2. The Morgan fingerprint density at radius 1 is 1.00 bits per heavy atom. The Hall–Kier alpha value is -2.60. The standard InChI is InChI=1S/C22H22N2O/c1-16-19-9-5-6-10-20(19)24(22(16)25)21-14-13-18(15-23-21)12-11-17-7-3-2-4-8-17/h2-4,7-8,13-16,19-20H,5-6,9-10H2,1H3. The molecule has 0 spiro atoms.